The maximum atomic E-state index is 13.2. The minimum absolute atomic E-state index is 0.0354. The molecular weight excluding hydrogens is 474 g/mol. The van der Waals surface area contributed by atoms with Gasteiger partial charge in [-0.1, -0.05) is 47.5 Å². The van der Waals surface area contributed by atoms with Crippen LogP contribution < -0.4 is 5.32 Å². The zero-order valence-electron chi connectivity index (χ0n) is 19.9. The number of halogens is 1. The molecule has 1 aliphatic rings. The molecule has 4 aromatic rings. The molecule has 0 bridgehead atoms. The fraction of sp³-hybridized carbons (Fsp3) is 0.214. The van der Waals surface area contributed by atoms with Crippen LogP contribution in [-0.4, -0.2) is 44.6 Å². The first-order chi connectivity index (χ1) is 17.5. The van der Waals surface area contributed by atoms with Crippen molar-refractivity contribution < 1.29 is 9.59 Å². The number of carbonyl (C=O) groups is 2. The maximum absolute atomic E-state index is 13.2. The molecule has 1 fully saturated rings. The van der Waals surface area contributed by atoms with Crippen LogP contribution in [0.3, 0.4) is 0 Å². The molecule has 7 nitrogen and oxygen atoms in total. The number of carbonyl (C=O) groups excluding carboxylic acids is 2. The smallest absolute Gasteiger partial charge is 0.253 e. The zero-order chi connectivity index (χ0) is 25.1. The predicted molar refractivity (Wildman–Crippen MR) is 139 cm³/mol. The lowest BCUT2D eigenvalue weighted by Crippen LogP contribution is -2.28. The first kappa shape index (κ1) is 23.8. The Labute approximate surface area is 214 Å². The molecule has 0 spiro atoms. The highest BCUT2D eigenvalue weighted by Gasteiger charge is 2.21. The van der Waals surface area contributed by atoms with Gasteiger partial charge in [0, 0.05) is 30.8 Å². The van der Waals surface area contributed by atoms with Crippen molar-refractivity contribution in [1.29, 1.82) is 0 Å². The van der Waals surface area contributed by atoms with Gasteiger partial charge in [0.25, 0.3) is 11.8 Å². The number of rotatable bonds is 6. The maximum Gasteiger partial charge on any atom is 0.253 e. The van der Waals surface area contributed by atoms with Gasteiger partial charge >= 0.3 is 0 Å². The van der Waals surface area contributed by atoms with Gasteiger partial charge in [0.1, 0.15) is 12.7 Å². The van der Waals surface area contributed by atoms with Gasteiger partial charge in [-0.2, -0.15) is 0 Å². The van der Waals surface area contributed by atoms with Crippen molar-refractivity contribution in [3.05, 3.63) is 101 Å². The lowest BCUT2D eigenvalue weighted by molar-refractivity contribution is 0.0793. The first-order valence-electron chi connectivity index (χ1n) is 11.9. The number of hydrogen-bond donors (Lipinski definition) is 1. The lowest BCUT2D eigenvalue weighted by atomic mass is 9.98. The SMILES string of the molecule is Cc1ccc(-c2cc(C(=O)NCc3ccc(Cl)c(-n4cnnc4)c3)cc(C(=O)N3CCCC3)c2)cc1. The third-order valence-electron chi connectivity index (χ3n) is 6.38. The van der Waals surface area contributed by atoms with E-state index in [0.717, 1.165) is 53.9 Å². The molecule has 2 amide bonds. The quantitative estimate of drug-likeness (QED) is 0.402. The second-order valence-corrected chi connectivity index (χ2v) is 9.41. The fourth-order valence-electron chi connectivity index (χ4n) is 4.37. The third-order valence-corrected chi connectivity index (χ3v) is 6.70. The van der Waals surface area contributed by atoms with Gasteiger partial charge in [0.2, 0.25) is 0 Å². The van der Waals surface area contributed by atoms with E-state index in [9.17, 15) is 9.59 Å². The number of aryl methyl sites for hydroxylation is 1. The van der Waals surface area contributed by atoms with E-state index in [-0.39, 0.29) is 11.8 Å². The molecule has 1 aliphatic heterocycles. The van der Waals surface area contributed by atoms with E-state index in [1.54, 1.807) is 29.4 Å². The highest BCUT2D eigenvalue weighted by Crippen LogP contribution is 2.25. The van der Waals surface area contributed by atoms with Gasteiger partial charge < -0.3 is 10.2 Å². The van der Waals surface area contributed by atoms with E-state index in [2.05, 4.69) is 15.5 Å². The van der Waals surface area contributed by atoms with E-state index in [4.69, 9.17) is 11.6 Å². The average molecular weight is 500 g/mol. The summed E-state index contributed by atoms with van der Waals surface area (Å²) in [7, 11) is 0. The fourth-order valence-corrected chi connectivity index (χ4v) is 4.59. The monoisotopic (exact) mass is 499 g/mol. The number of amides is 2. The molecule has 1 N–H and O–H groups in total. The van der Waals surface area contributed by atoms with Crippen molar-refractivity contribution >= 4 is 23.4 Å². The van der Waals surface area contributed by atoms with Gasteiger partial charge in [0.05, 0.1) is 10.7 Å². The Hall–Kier alpha value is -3.97. The highest BCUT2D eigenvalue weighted by atomic mass is 35.5. The molecule has 0 unspecified atom stereocenters. The minimum atomic E-state index is -0.250. The number of aromatic nitrogens is 3. The molecule has 5 rings (SSSR count). The predicted octanol–water partition coefficient (Wildman–Crippen LogP) is 5.06. The Morgan fingerprint density at radius 2 is 1.58 bits per heavy atom. The molecule has 0 atom stereocenters. The molecule has 0 aliphatic carbocycles. The first-order valence-corrected chi connectivity index (χ1v) is 12.3. The summed E-state index contributed by atoms with van der Waals surface area (Å²) < 4.78 is 1.72. The number of nitrogens with one attached hydrogen (secondary N) is 1. The third kappa shape index (κ3) is 5.16. The molecule has 1 aromatic heterocycles. The minimum Gasteiger partial charge on any atom is -0.348 e. The topological polar surface area (TPSA) is 80.1 Å². The molecule has 1 saturated heterocycles. The number of benzene rings is 3. The Morgan fingerprint density at radius 3 is 2.31 bits per heavy atom. The summed E-state index contributed by atoms with van der Waals surface area (Å²) in [5, 5.41) is 11.2. The van der Waals surface area contributed by atoms with Crippen LogP contribution >= 0.6 is 11.6 Å². The number of nitrogens with zero attached hydrogens (tertiary/aromatic N) is 4. The van der Waals surface area contributed by atoms with Crippen LogP contribution in [0.25, 0.3) is 16.8 Å². The summed E-state index contributed by atoms with van der Waals surface area (Å²) in [6.07, 6.45) is 5.15. The van der Waals surface area contributed by atoms with Crippen molar-refractivity contribution in [3.8, 4) is 16.8 Å². The van der Waals surface area contributed by atoms with Crippen LogP contribution in [0.2, 0.25) is 5.02 Å². The second-order valence-electron chi connectivity index (χ2n) is 9.00. The summed E-state index contributed by atoms with van der Waals surface area (Å²) in [5.74, 6) is -0.285. The van der Waals surface area contributed by atoms with E-state index >= 15 is 0 Å². The Balaban J connectivity index is 1.41. The molecule has 182 valence electrons. The average Bonchev–Trinajstić information content (AvgIpc) is 3.63. The van der Waals surface area contributed by atoms with Crippen molar-refractivity contribution in [2.75, 3.05) is 13.1 Å². The number of likely N-dealkylation sites (tertiary alicyclic amines) is 1. The normalized spacial score (nSPS) is 13.1. The van der Waals surface area contributed by atoms with Gasteiger partial charge in [-0.05, 0) is 66.8 Å². The molecule has 2 heterocycles. The van der Waals surface area contributed by atoms with Crippen molar-refractivity contribution in [2.24, 2.45) is 0 Å². The summed E-state index contributed by atoms with van der Waals surface area (Å²) in [6, 6.07) is 19.0. The summed E-state index contributed by atoms with van der Waals surface area (Å²) in [4.78, 5) is 28.3. The molecule has 0 radical (unpaired) electrons. The lowest BCUT2D eigenvalue weighted by Gasteiger charge is -2.17. The van der Waals surface area contributed by atoms with Crippen molar-refractivity contribution in [3.63, 3.8) is 0 Å². The van der Waals surface area contributed by atoms with Gasteiger partial charge in [0.15, 0.2) is 0 Å². The van der Waals surface area contributed by atoms with Crippen LogP contribution in [-0.2, 0) is 6.54 Å². The van der Waals surface area contributed by atoms with Crippen LogP contribution in [0.4, 0.5) is 0 Å². The van der Waals surface area contributed by atoms with E-state index in [0.29, 0.717) is 22.7 Å². The van der Waals surface area contributed by atoms with Crippen LogP contribution in [0, 0.1) is 6.92 Å². The molecular formula is C28H26ClN5O2. The van der Waals surface area contributed by atoms with E-state index in [1.165, 1.54) is 0 Å². The summed E-state index contributed by atoms with van der Waals surface area (Å²) in [6.45, 7) is 3.83. The van der Waals surface area contributed by atoms with Gasteiger partial charge in [-0.25, -0.2) is 0 Å². The largest absolute Gasteiger partial charge is 0.348 e. The standard InChI is InChI=1S/C28H26ClN5O2/c1-19-4-7-21(8-5-19)22-13-23(15-24(14-22)28(36)33-10-2-3-11-33)27(35)30-16-20-6-9-25(29)26(12-20)34-17-31-32-18-34/h4-9,12-15,17-18H,2-3,10-11,16H2,1H3,(H,30,35). The highest BCUT2D eigenvalue weighted by molar-refractivity contribution is 6.32. The van der Waals surface area contributed by atoms with Crippen LogP contribution in [0.15, 0.2) is 73.3 Å². The van der Waals surface area contributed by atoms with E-state index < -0.39 is 0 Å². The number of hydrogen-bond acceptors (Lipinski definition) is 4. The van der Waals surface area contributed by atoms with Crippen molar-refractivity contribution in [2.45, 2.75) is 26.3 Å². The van der Waals surface area contributed by atoms with Crippen LogP contribution in [0.5, 0.6) is 0 Å². The van der Waals surface area contributed by atoms with E-state index in [1.807, 2.05) is 60.4 Å². The Kier molecular flexibility index (Phi) is 6.82. The molecule has 3 aromatic carbocycles. The summed E-state index contributed by atoms with van der Waals surface area (Å²) >= 11 is 6.33. The van der Waals surface area contributed by atoms with Crippen LogP contribution in [0.1, 0.15) is 44.7 Å². The second kappa shape index (κ2) is 10.3. The molecule has 0 saturated carbocycles. The molecule has 8 heteroatoms. The Bertz CT molecular complexity index is 1390. The molecule has 36 heavy (non-hydrogen) atoms. The summed E-state index contributed by atoms with van der Waals surface area (Å²) in [5.41, 5.74) is 5.53. The van der Waals surface area contributed by atoms with Crippen molar-refractivity contribution in [1.82, 2.24) is 25.0 Å². The van der Waals surface area contributed by atoms with Gasteiger partial charge in [-0.15, -0.1) is 10.2 Å². The van der Waals surface area contributed by atoms with Gasteiger partial charge in [-0.3, -0.25) is 14.2 Å². The zero-order valence-corrected chi connectivity index (χ0v) is 20.7. The Morgan fingerprint density at radius 1 is 0.889 bits per heavy atom.